The quantitative estimate of drug-likeness (QED) is 0.358. The van der Waals surface area contributed by atoms with Gasteiger partial charge in [-0.1, -0.05) is 30.9 Å². The summed E-state index contributed by atoms with van der Waals surface area (Å²) in [4.78, 5) is 33.0. The number of anilines is 2. The van der Waals surface area contributed by atoms with Crippen LogP contribution in [0.1, 0.15) is 36.5 Å². The number of thioether (sulfide) groups is 1. The fraction of sp³-hybridized carbons (Fsp3) is 0.429. The molecule has 1 atom stereocenters. The third-order valence-electron chi connectivity index (χ3n) is 7.74. The molecule has 13 heteroatoms. The number of carbonyl (C=O) groups is 1. The van der Waals surface area contributed by atoms with E-state index in [4.69, 9.17) is 12.2 Å². The minimum absolute atomic E-state index is 0.0223. The fourth-order valence-electron chi connectivity index (χ4n) is 5.65. The number of halogens is 1. The summed E-state index contributed by atoms with van der Waals surface area (Å²) in [6.45, 7) is 6.44. The van der Waals surface area contributed by atoms with Gasteiger partial charge in [0.15, 0.2) is 9.84 Å². The molecule has 1 amide bonds. The van der Waals surface area contributed by atoms with Gasteiger partial charge in [0, 0.05) is 44.0 Å². The molecule has 1 aromatic heterocycles. The zero-order valence-corrected chi connectivity index (χ0v) is 25.2. The Morgan fingerprint density at radius 1 is 1.15 bits per heavy atom. The Bertz CT molecular complexity index is 1640. The highest BCUT2D eigenvalue weighted by Crippen LogP contribution is 2.38. The molecule has 4 heterocycles. The summed E-state index contributed by atoms with van der Waals surface area (Å²) in [5.74, 6) is -0.112. The molecule has 1 aromatic carbocycles. The Kier molecular flexibility index (Phi) is 8.27. The van der Waals surface area contributed by atoms with Crippen LogP contribution in [0.2, 0.25) is 0 Å². The number of carbonyl (C=O) groups excluding carboxylic acids is 1. The summed E-state index contributed by atoms with van der Waals surface area (Å²) in [5.41, 5.74) is 1.64. The summed E-state index contributed by atoms with van der Waals surface area (Å²) >= 11 is 6.61. The van der Waals surface area contributed by atoms with Crippen molar-refractivity contribution < 1.29 is 17.6 Å². The maximum atomic E-state index is 13.5. The van der Waals surface area contributed by atoms with Crippen molar-refractivity contribution >= 4 is 61.6 Å². The molecule has 0 saturated carbocycles. The van der Waals surface area contributed by atoms with E-state index in [2.05, 4.69) is 15.9 Å². The van der Waals surface area contributed by atoms with Gasteiger partial charge in [-0.15, -0.1) is 0 Å². The highest BCUT2D eigenvalue weighted by atomic mass is 32.2. The zero-order valence-electron chi connectivity index (χ0n) is 22.8. The van der Waals surface area contributed by atoms with Crippen molar-refractivity contribution in [3.05, 3.63) is 62.0 Å². The van der Waals surface area contributed by atoms with Crippen molar-refractivity contribution in [1.82, 2.24) is 9.47 Å². The molecule has 0 N–H and O–H groups in total. The summed E-state index contributed by atoms with van der Waals surface area (Å²) < 4.78 is 39.5. The number of pyridine rings is 1. The second-order valence-corrected chi connectivity index (χ2v) is 14.3. The van der Waals surface area contributed by atoms with Crippen molar-refractivity contribution in [1.29, 1.82) is 5.26 Å². The third-order valence-corrected chi connectivity index (χ3v) is 10.8. The molecule has 3 aliphatic heterocycles. The van der Waals surface area contributed by atoms with Crippen LogP contribution in [0.5, 0.6) is 0 Å². The van der Waals surface area contributed by atoms with Crippen molar-refractivity contribution in [3.63, 3.8) is 0 Å². The van der Waals surface area contributed by atoms with Gasteiger partial charge in [0.2, 0.25) is 0 Å². The number of hydrogen-bond acceptors (Lipinski definition) is 9. The van der Waals surface area contributed by atoms with Gasteiger partial charge in [0.1, 0.15) is 27.6 Å². The number of hydrogen-bond donors (Lipinski definition) is 0. The van der Waals surface area contributed by atoms with Crippen LogP contribution in [0.25, 0.3) is 6.08 Å². The van der Waals surface area contributed by atoms with E-state index in [0.717, 1.165) is 17.4 Å². The smallest absolute Gasteiger partial charge is 0.270 e. The molecule has 0 aliphatic carbocycles. The molecular formula is C28H30FN5O4S3. The molecule has 9 nitrogen and oxygen atoms in total. The lowest BCUT2D eigenvalue weighted by molar-refractivity contribution is -0.123. The highest BCUT2D eigenvalue weighted by Gasteiger charge is 2.42. The van der Waals surface area contributed by atoms with Gasteiger partial charge in [-0.2, -0.15) is 5.26 Å². The van der Waals surface area contributed by atoms with Crippen molar-refractivity contribution in [3.8, 4) is 6.07 Å². The summed E-state index contributed by atoms with van der Waals surface area (Å²) in [5, 5.41) is 9.90. The topological polar surface area (TPSA) is 107 Å². The SMILES string of the molecule is CCCn1c(N2CCN(c3ccc(F)cc3)CC2)c(/C=C2\SC(=S)N(C3CCS(=O)(=O)C3)C2=O)c(C)c(C#N)c1=O. The number of nitriles is 1. The molecule has 0 radical (unpaired) electrons. The Hall–Kier alpha value is -3.21. The molecule has 41 heavy (non-hydrogen) atoms. The lowest BCUT2D eigenvalue weighted by Crippen LogP contribution is -2.48. The van der Waals surface area contributed by atoms with E-state index in [1.807, 2.05) is 6.92 Å². The average Bonchev–Trinajstić information content (AvgIpc) is 3.44. The monoisotopic (exact) mass is 615 g/mol. The van der Waals surface area contributed by atoms with Crippen LogP contribution in [-0.2, 0) is 21.2 Å². The lowest BCUT2D eigenvalue weighted by Gasteiger charge is -2.39. The molecular weight excluding hydrogens is 586 g/mol. The van der Waals surface area contributed by atoms with Crippen LogP contribution in [0, 0.1) is 24.1 Å². The molecule has 3 aliphatic rings. The van der Waals surface area contributed by atoms with E-state index in [-0.39, 0.29) is 34.4 Å². The van der Waals surface area contributed by atoms with E-state index in [1.165, 1.54) is 17.0 Å². The second-order valence-electron chi connectivity index (χ2n) is 10.4. The van der Waals surface area contributed by atoms with E-state index in [9.17, 15) is 27.7 Å². The second kappa shape index (κ2) is 11.6. The van der Waals surface area contributed by atoms with Crippen LogP contribution in [-0.4, -0.2) is 71.8 Å². The fourth-order valence-corrected chi connectivity index (χ4v) is 8.73. The number of thiocarbonyl (C=S) groups is 1. The Morgan fingerprint density at radius 2 is 1.80 bits per heavy atom. The Balaban J connectivity index is 1.54. The molecule has 0 spiro atoms. The molecule has 1 unspecified atom stereocenters. The molecule has 0 bridgehead atoms. The molecule has 5 rings (SSSR count). The summed E-state index contributed by atoms with van der Waals surface area (Å²) in [6, 6.07) is 7.91. The van der Waals surface area contributed by atoms with Crippen LogP contribution in [0.3, 0.4) is 0 Å². The van der Waals surface area contributed by atoms with Gasteiger partial charge in [-0.05, 0) is 55.7 Å². The first kappa shape index (κ1) is 29.3. The van der Waals surface area contributed by atoms with Gasteiger partial charge in [-0.25, -0.2) is 12.8 Å². The van der Waals surface area contributed by atoms with Crippen LogP contribution < -0.4 is 15.4 Å². The van der Waals surface area contributed by atoms with Crippen LogP contribution in [0.4, 0.5) is 15.9 Å². The van der Waals surface area contributed by atoms with Crippen molar-refractivity contribution in [2.75, 3.05) is 47.5 Å². The lowest BCUT2D eigenvalue weighted by atomic mass is 10.0. The minimum atomic E-state index is -3.22. The predicted octanol–water partition coefficient (Wildman–Crippen LogP) is 3.29. The highest BCUT2D eigenvalue weighted by molar-refractivity contribution is 8.26. The minimum Gasteiger partial charge on any atom is -0.368 e. The number of aromatic nitrogens is 1. The molecule has 2 aromatic rings. The summed E-state index contributed by atoms with van der Waals surface area (Å²) in [6.07, 6.45) is 2.70. The Morgan fingerprint density at radius 3 is 2.39 bits per heavy atom. The van der Waals surface area contributed by atoms with Gasteiger partial charge < -0.3 is 9.80 Å². The number of sulfone groups is 1. The van der Waals surface area contributed by atoms with E-state index >= 15 is 0 Å². The van der Waals surface area contributed by atoms with Gasteiger partial charge in [0.25, 0.3) is 11.5 Å². The van der Waals surface area contributed by atoms with E-state index < -0.39 is 15.9 Å². The van der Waals surface area contributed by atoms with Crippen molar-refractivity contribution in [2.45, 2.75) is 39.3 Å². The Labute approximate surface area is 248 Å². The van der Waals surface area contributed by atoms with Crippen molar-refractivity contribution in [2.24, 2.45) is 0 Å². The number of amides is 1. The van der Waals surface area contributed by atoms with E-state index in [0.29, 0.717) is 71.7 Å². The zero-order chi connectivity index (χ0) is 29.5. The normalized spacial score (nSPS) is 21.7. The maximum absolute atomic E-state index is 13.5. The number of nitrogens with zero attached hydrogens (tertiary/aromatic N) is 5. The number of benzene rings is 1. The molecule has 3 fully saturated rings. The van der Waals surface area contributed by atoms with Crippen LogP contribution in [0.15, 0.2) is 34.0 Å². The number of piperazine rings is 1. The van der Waals surface area contributed by atoms with Gasteiger partial charge in [-0.3, -0.25) is 19.1 Å². The van der Waals surface area contributed by atoms with Crippen LogP contribution >= 0.6 is 24.0 Å². The largest absolute Gasteiger partial charge is 0.368 e. The summed E-state index contributed by atoms with van der Waals surface area (Å²) in [7, 11) is -3.22. The predicted molar refractivity (Wildman–Crippen MR) is 163 cm³/mol. The van der Waals surface area contributed by atoms with Gasteiger partial charge >= 0.3 is 0 Å². The number of rotatable bonds is 6. The first-order valence-corrected chi connectivity index (χ1v) is 16.5. The first-order chi connectivity index (χ1) is 19.5. The first-order valence-electron chi connectivity index (χ1n) is 13.4. The standard InChI is InChI=1S/C28H30FN5O4S3/c1-3-9-33-25(32-12-10-31(11-13-32)20-6-4-19(29)5-7-20)22(18(2)23(16-30)26(33)35)15-24-27(36)34(28(39)40-24)21-8-14-41(37,38)17-21/h4-7,15,21H,3,8-14,17H2,1-2H3/b24-15-. The maximum Gasteiger partial charge on any atom is 0.270 e. The van der Waals surface area contributed by atoms with E-state index in [1.54, 1.807) is 29.7 Å². The van der Waals surface area contributed by atoms with Gasteiger partial charge in [0.05, 0.1) is 22.5 Å². The molecule has 3 saturated heterocycles. The average molecular weight is 616 g/mol. The third kappa shape index (κ3) is 5.65. The molecule has 216 valence electrons.